The van der Waals surface area contributed by atoms with E-state index in [4.69, 9.17) is 9.47 Å². The van der Waals surface area contributed by atoms with E-state index in [9.17, 15) is 4.39 Å². The first-order chi connectivity index (χ1) is 14.2. The Kier molecular flexibility index (Phi) is 6.88. The lowest BCUT2D eigenvalue weighted by Gasteiger charge is -2.37. The minimum atomic E-state index is -0.354. The van der Waals surface area contributed by atoms with E-state index < -0.39 is 0 Å². The number of aryl methyl sites for hydroxylation is 1. The third-order valence-electron chi connectivity index (χ3n) is 6.51. The molecule has 3 heterocycles. The van der Waals surface area contributed by atoms with Crippen molar-refractivity contribution in [2.24, 2.45) is 0 Å². The summed E-state index contributed by atoms with van der Waals surface area (Å²) in [6.07, 6.45) is 11.6. The molecule has 1 spiro atoms. The third-order valence-corrected chi connectivity index (χ3v) is 6.51. The van der Waals surface area contributed by atoms with Crippen LogP contribution in [0.5, 0.6) is 0 Å². The third kappa shape index (κ3) is 4.84. The average molecular weight is 403 g/mol. The van der Waals surface area contributed by atoms with Gasteiger partial charge < -0.3 is 14.0 Å². The van der Waals surface area contributed by atoms with Gasteiger partial charge in [-0.1, -0.05) is 45.1 Å². The molecule has 0 saturated carbocycles. The Morgan fingerprint density at radius 3 is 2.48 bits per heavy atom. The van der Waals surface area contributed by atoms with Crippen LogP contribution in [0.3, 0.4) is 0 Å². The van der Waals surface area contributed by atoms with Crippen molar-refractivity contribution in [3.63, 3.8) is 0 Å². The summed E-state index contributed by atoms with van der Waals surface area (Å²) in [4.78, 5) is 2.41. The molecule has 160 valence electrons. The van der Waals surface area contributed by atoms with E-state index in [1.165, 1.54) is 32.1 Å². The van der Waals surface area contributed by atoms with Gasteiger partial charge in [0.2, 0.25) is 0 Å². The normalized spacial score (nSPS) is 19.5. The molecule has 29 heavy (non-hydrogen) atoms. The Labute approximate surface area is 174 Å². The van der Waals surface area contributed by atoms with Crippen molar-refractivity contribution in [3.05, 3.63) is 35.8 Å². The van der Waals surface area contributed by atoms with E-state index in [0.717, 1.165) is 61.9 Å². The molecule has 2 aliphatic heterocycles. The Morgan fingerprint density at radius 2 is 1.72 bits per heavy atom. The van der Waals surface area contributed by atoms with Gasteiger partial charge in [0.1, 0.15) is 5.82 Å². The molecule has 0 unspecified atom stereocenters. The van der Waals surface area contributed by atoms with E-state index in [1.54, 1.807) is 6.07 Å². The molecule has 0 amide bonds. The van der Waals surface area contributed by atoms with Crippen LogP contribution in [0.2, 0.25) is 0 Å². The Balaban J connectivity index is 1.41. The number of likely N-dealkylation sites (tertiary alicyclic amines) is 1. The summed E-state index contributed by atoms with van der Waals surface area (Å²) in [7, 11) is 0. The maximum Gasteiger partial charge on any atom is 0.170 e. The average Bonchev–Trinajstić information content (AvgIpc) is 3.32. The minimum absolute atomic E-state index is 0.102. The van der Waals surface area contributed by atoms with E-state index >= 15 is 0 Å². The SMILES string of the molecule is CCCCCCCCn1cc(CN2CCC3(CC2)OCCO3)c2c(F)cccc21. The zero-order valence-corrected chi connectivity index (χ0v) is 17.8. The number of aromatic nitrogens is 1. The van der Waals surface area contributed by atoms with Crippen LogP contribution in [-0.4, -0.2) is 41.6 Å². The highest BCUT2D eigenvalue weighted by atomic mass is 19.1. The number of rotatable bonds is 9. The predicted molar refractivity (Wildman–Crippen MR) is 114 cm³/mol. The van der Waals surface area contributed by atoms with Crippen LogP contribution in [0.25, 0.3) is 10.9 Å². The zero-order valence-electron chi connectivity index (χ0n) is 17.8. The predicted octanol–water partition coefficient (Wildman–Crippen LogP) is 5.48. The first kappa shape index (κ1) is 20.8. The summed E-state index contributed by atoms with van der Waals surface area (Å²) in [5.74, 6) is -0.455. The van der Waals surface area contributed by atoms with Crippen LogP contribution in [0.4, 0.5) is 4.39 Å². The molecule has 4 nitrogen and oxygen atoms in total. The Morgan fingerprint density at radius 1 is 1.00 bits per heavy atom. The fourth-order valence-electron chi connectivity index (χ4n) is 4.84. The quantitative estimate of drug-likeness (QED) is 0.520. The number of hydrogen-bond acceptors (Lipinski definition) is 3. The van der Waals surface area contributed by atoms with E-state index in [-0.39, 0.29) is 11.6 Å². The minimum Gasteiger partial charge on any atom is -0.347 e. The smallest absolute Gasteiger partial charge is 0.170 e. The largest absolute Gasteiger partial charge is 0.347 e. The molecule has 0 radical (unpaired) electrons. The lowest BCUT2D eigenvalue weighted by atomic mass is 10.0. The molecule has 2 aromatic rings. The maximum atomic E-state index is 14.7. The highest BCUT2D eigenvalue weighted by molar-refractivity contribution is 5.84. The van der Waals surface area contributed by atoms with Crippen LogP contribution < -0.4 is 0 Å². The number of nitrogens with zero attached hydrogens (tertiary/aromatic N) is 2. The number of halogens is 1. The molecule has 0 aliphatic carbocycles. The molecule has 2 aliphatic rings. The fourth-order valence-corrected chi connectivity index (χ4v) is 4.84. The van der Waals surface area contributed by atoms with Crippen LogP contribution in [0, 0.1) is 5.82 Å². The lowest BCUT2D eigenvalue weighted by Crippen LogP contribution is -2.44. The van der Waals surface area contributed by atoms with Crippen LogP contribution in [0.1, 0.15) is 63.9 Å². The van der Waals surface area contributed by atoms with E-state index in [1.807, 2.05) is 6.07 Å². The number of piperidine rings is 1. The highest BCUT2D eigenvalue weighted by Crippen LogP contribution is 2.33. The molecule has 5 heteroatoms. The van der Waals surface area contributed by atoms with E-state index in [0.29, 0.717) is 13.2 Å². The van der Waals surface area contributed by atoms with Crippen molar-refractivity contribution < 1.29 is 13.9 Å². The molecule has 0 atom stereocenters. The molecule has 1 aromatic carbocycles. The van der Waals surface area contributed by atoms with Gasteiger partial charge in [-0.05, 0) is 24.1 Å². The number of unbranched alkanes of at least 4 members (excludes halogenated alkanes) is 5. The molecular weight excluding hydrogens is 367 g/mol. The second-order valence-corrected chi connectivity index (χ2v) is 8.63. The molecule has 4 rings (SSSR count). The van der Waals surface area contributed by atoms with Crippen molar-refractivity contribution >= 4 is 10.9 Å². The van der Waals surface area contributed by atoms with Gasteiger partial charge in [-0.15, -0.1) is 0 Å². The summed E-state index contributed by atoms with van der Waals surface area (Å²) in [5, 5.41) is 0.798. The van der Waals surface area contributed by atoms with Gasteiger partial charge in [-0.3, -0.25) is 4.90 Å². The van der Waals surface area contributed by atoms with Crippen molar-refractivity contribution in [1.82, 2.24) is 9.47 Å². The second-order valence-electron chi connectivity index (χ2n) is 8.63. The molecule has 2 fully saturated rings. The van der Waals surface area contributed by atoms with Gasteiger partial charge in [0.05, 0.1) is 18.7 Å². The standard InChI is InChI=1S/C24H35FN2O2/c1-2-3-4-5-6-7-13-27-19-20(23-21(25)9-8-10-22(23)27)18-26-14-11-24(12-15-26)28-16-17-29-24/h8-10,19H,2-7,11-18H2,1H3. The van der Waals surface area contributed by atoms with Gasteiger partial charge >= 0.3 is 0 Å². The summed E-state index contributed by atoms with van der Waals surface area (Å²) in [5.41, 5.74) is 2.14. The zero-order chi connectivity index (χ0) is 20.1. The number of hydrogen-bond donors (Lipinski definition) is 0. The van der Waals surface area contributed by atoms with Crippen LogP contribution in [0.15, 0.2) is 24.4 Å². The Hall–Kier alpha value is -1.43. The molecule has 0 bridgehead atoms. The first-order valence-corrected chi connectivity index (χ1v) is 11.5. The number of ether oxygens (including phenoxy) is 2. The van der Waals surface area contributed by atoms with Gasteiger partial charge in [-0.2, -0.15) is 0 Å². The second kappa shape index (κ2) is 9.59. The van der Waals surface area contributed by atoms with Crippen LogP contribution >= 0.6 is 0 Å². The first-order valence-electron chi connectivity index (χ1n) is 11.5. The van der Waals surface area contributed by atoms with Gasteiger partial charge in [0, 0.05) is 50.6 Å². The fraction of sp³-hybridized carbons (Fsp3) is 0.667. The maximum absolute atomic E-state index is 14.7. The topological polar surface area (TPSA) is 26.6 Å². The van der Waals surface area contributed by atoms with Gasteiger partial charge in [0.25, 0.3) is 0 Å². The van der Waals surface area contributed by atoms with Crippen molar-refractivity contribution in [2.75, 3.05) is 26.3 Å². The van der Waals surface area contributed by atoms with Crippen molar-refractivity contribution in [1.29, 1.82) is 0 Å². The molecule has 0 N–H and O–H groups in total. The summed E-state index contributed by atoms with van der Waals surface area (Å²) >= 11 is 0. The molecule has 2 saturated heterocycles. The number of benzene rings is 1. The van der Waals surface area contributed by atoms with Gasteiger partial charge in [0.15, 0.2) is 5.79 Å². The Bertz CT molecular complexity index is 788. The van der Waals surface area contributed by atoms with Crippen molar-refractivity contribution in [2.45, 2.75) is 77.2 Å². The highest BCUT2D eigenvalue weighted by Gasteiger charge is 2.39. The van der Waals surface area contributed by atoms with Crippen molar-refractivity contribution in [3.8, 4) is 0 Å². The van der Waals surface area contributed by atoms with E-state index in [2.05, 4.69) is 28.7 Å². The summed E-state index contributed by atoms with van der Waals surface area (Å²) in [6.45, 7) is 7.28. The summed E-state index contributed by atoms with van der Waals surface area (Å²) < 4.78 is 28.7. The molecule has 1 aromatic heterocycles. The van der Waals surface area contributed by atoms with Crippen LogP contribution in [-0.2, 0) is 22.6 Å². The van der Waals surface area contributed by atoms with Gasteiger partial charge in [-0.25, -0.2) is 4.39 Å². The lowest BCUT2D eigenvalue weighted by molar-refractivity contribution is -0.185. The monoisotopic (exact) mass is 402 g/mol. The summed E-state index contributed by atoms with van der Waals surface area (Å²) in [6, 6.07) is 5.48. The molecular formula is C24H35FN2O2. The number of fused-ring (bicyclic) bond motifs is 1.